The van der Waals surface area contributed by atoms with Crippen molar-refractivity contribution in [3.8, 4) is 11.5 Å². The third kappa shape index (κ3) is 3.71. The monoisotopic (exact) mass is 391 g/mol. The molecule has 29 heavy (non-hydrogen) atoms. The van der Waals surface area contributed by atoms with E-state index in [4.69, 9.17) is 0 Å². The topological polar surface area (TPSA) is 95.7 Å². The molecule has 0 saturated carbocycles. The van der Waals surface area contributed by atoms with Crippen molar-refractivity contribution in [3.05, 3.63) is 78.4 Å². The maximum absolute atomic E-state index is 12.9. The molecule has 1 fully saturated rings. The van der Waals surface area contributed by atoms with Crippen molar-refractivity contribution in [1.29, 1.82) is 0 Å². The fourth-order valence-electron chi connectivity index (χ4n) is 3.90. The SMILES string of the molecule is O=C1C(=O)N(CCCn2ccnc2)C(c2cccc(O)c2)C1c1ccc(O)cc1. The molecule has 0 radical (unpaired) electrons. The van der Waals surface area contributed by atoms with Gasteiger partial charge in [0.25, 0.3) is 5.91 Å². The summed E-state index contributed by atoms with van der Waals surface area (Å²) in [6, 6.07) is 12.5. The number of rotatable bonds is 6. The van der Waals surface area contributed by atoms with Crippen LogP contribution in [0.4, 0.5) is 0 Å². The smallest absolute Gasteiger partial charge is 0.291 e. The minimum absolute atomic E-state index is 0.0807. The highest BCUT2D eigenvalue weighted by atomic mass is 16.3. The lowest BCUT2D eigenvalue weighted by Crippen LogP contribution is -2.31. The second-order valence-corrected chi connectivity index (χ2v) is 7.13. The number of amides is 1. The van der Waals surface area contributed by atoms with E-state index in [0.717, 1.165) is 0 Å². The highest BCUT2D eigenvalue weighted by molar-refractivity contribution is 6.40. The number of carbonyl (C=O) groups excluding carboxylic acids is 2. The molecule has 2 heterocycles. The number of aryl methyl sites for hydroxylation is 1. The predicted molar refractivity (Wildman–Crippen MR) is 105 cm³/mol. The molecule has 3 aromatic rings. The lowest BCUT2D eigenvalue weighted by atomic mass is 9.86. The summed E-state index contributed by atoms with van der Waals surface area (Å²) in [5.74, 6) is -1.53. The number of phenolic OH excluding ortho intramolecular Hbond substituents is 2. The van der Waals surface area contributed by atoms with Crippen molar-refractivity contribution >= 4 is 11.7 Å². The predicted octanol–water partition coefficient (Wildman–Crippen LogP) is 2.62. The van der Waals surface area contributed by atoms with E-state index in [1.807, 2.05) is 16.8 Å². The maximum Gasteiger partial charge on any atom is 0.291 e. The van der Waals surface area contributed by atoms with Gasteiger partial charge in [-0.15, -0.1) is 0 Å². The molecule has 1 aromatic heterocycles. The van der Waals surface area contributed by atoms with Crippen LogP contribution in [0.2, 0.25) is 0 Å². The molecule has 0 spiro atoms. The number of likely N-dealkylation sites (tertiary alicyclic amines) is 1. The van der Waals surface area contributed by atoms with Crippen molar-refractivity contribution in [3.63, 3.8) is 0 Å². The number of nitrogens with zero attached hydrogens (tertiary/aromatic N) is 3. The van der Waals surface area contributed by atoms with E-state index in [2.05, 4.69) is 4.98 Å². The minimum Gasteiger partial charge on any atom is -0.508 e. The number of imidazole rings is 1. The van der Waals surface area contributed by atoms with Gasteiger partial charge in [-0.3, -0.25) is 9.59 Å². The molecule has 7 heteroatoms. The Kier molecular flexibility index (Phi) is 5.03. The first kappa shape index (κ1) is 18.7. The van der Waals surface area contributed by atoms with Gasteiger partial charge in [0.05, 0.1) is 18.3 Å². The second kappa shape index (κ2) is 7.79. The molecule has 7 nitrogen and oxygen atoms in total. The zero-order chi connectivity index (χ0) is 20.4. The quantitative estimate of drug-likeness (QED) is 0.630. The first-order valence-electron chi connectivity index (χ1n) is 9.43. The molecule has 2 atom stereocenters. The van der Waals surface area contributed by atoms with Crippen molar-refractivity contribution in [2.45, 2.75) is 24.9 Å². The van der Waals surface area contributed by atoms with E-state index >= 15 is 0 Å². The van der Waals surface area contributed by atoms with Crippen LogP contribution in [0.15, 0.2) is 67.3 Å². The number of Topliss-reactive ketones (excluding diaryl/α,β-unsaturated/α-hetero) is 1. The Morgan fingerprint density at radius 2 is 1.72 bits per heavy atom. The normalized spacial score (nSPS) is 19.1. The van der Waals surface area contributed by atoms with E-state index in [1.165, 1.54) is 12.1 Å². The lowest BCUT2D eigenvalue weighted by molar-refractivity contribution is -0.140. The fraction of sp³-hybridized carbons (Fsp3) is 0.227. The number of benzene rings is 2. The molecule has 4 rings (SSSR count). The number of hydrogen-bond donors (Lipinski definition) is 2. The number of carbonyl (C=O) groups is 2. The van der Waals surface area contributed by atoms with E-state index in [1.54, 1.807) is 47.8 Å². The van der Waals surface area contributed by atoms with E-state index in [-0.39, 0.29) is 11.5 Å². The number of ketones is 1. The van der Waals surface area contributed by atoms with Crippen LogP contribution in [0.3, 0.4) is 0 Å². The Bertz CT molecular complexity index is 1010. The van der Waals surface area contributed by atoms with Crippen LogP contribution >= 0.6 is 0 Å². The first-order valence-corrected chi connectivity index (χ1v) is 9.43. The van der Waals surface area contributed by atoms with Gasteiger partial charge < -0.3 is 19.7 Å². The van der Waals surface area contributed by atoms with Gasteiger partial charge in [0, 0.05) is 25.5 Å². The van der Waals surface area contributed by atoms with E-state index in [9.17, 15) is 19.8 Å². The van der Waals surface area contributed by atoms with Gasteiger partial charge in [-0.25, -0.2) is 4.98 Å². The van der Waals surface area contributed by atoms with Gasteiger partial charge in [0.15, 0.2) is 0 Å². The largest absolute Gasteiger partial charge is 0.508 e. The molecule has 148 valence electrons. The summed E-state index contributed by atoms with van der Waals surface area (Å²) in [5.41, 5.74) is 1.36. The minimum atomic E-state index is -0.696. The molecular weight excluding hydrogens is 370 g/mol. The summed E-state index contributed by atoms with van der Waals surface area (Å²) < 4.78 is 1.92. The van der Waals surface area contributed by atoms with Crippen LogP contribution in [-0.2, 0) is 16.1 Å². The van der Waals surface area contributed by atoms with Crippen molar-refractivity contribution in [2.24, 2.45) is 0 Å². The Balaban J connectivity index is 1.67. The Labute approximate surface area is 167 Å². The summed E-state index contributed by atoms with van der Waals surface area (Å²) in [5, 5.41) is 19.5. The fourth-order valence-corrected chi connectivity index (χ4v) is 3.90. The van der Waals surface area contributed by atoms with Crippen LogP contribution in [-0.4, -0.2) is 42.9 Å². The number of aromatic hydroxyl groups is 2. The summed E-state index contributed by atoms with van der Waals surface area (Å²) in [6.45, 7) is 1.08. The molecule has 2 N–H and O–H groups in total. The maximum atomic E-state index is 12.9. The summed E-state index contributed by atoms with van der Waals surface area (Å²) >= 11 is 0. The van der Waals surface area contributed by atoms with Gasteiger partial charge in [-0.05, 0) is 41.8 Å². The molecule has 1 amide bonds. The molecule has 0 bridgehead atoms. The van der Waals surface area contributed by atoms with Crippen LogP contribution in [0.1, 0.15) is 29.5 Å². The number of aromatic nitrogens is 2. The third-order valence-electron chi connectivity index (χ3n) is 5.24. The van der Waals surface area contributed by atoms with Gasteiger partial charge >= 0.3 is 0 Å². The molecular formula is C22H21N3O4. The van der Waals surface area contributed by atoms with Crippen LogP contribution in [0.25, 0.3) is 0 Å². The van der Waals surface area contributed by atoms with Gasteiger partial charge in [0.2, 0.25) is 5.78 Å². The zero-order valence-corrected chi connectivity index (χ0v) is 15.7. The first-order chi connectivity index (χ1) is 14.0. The highest BCUT2D eigenvalue weighted by Crippen LogP contribution is 2.43. The molecule has 1 saturated heterocycles. The molecule has 1 aliphatic heterocycles. The third-order valence-corrected chi connectivity index (χ3v) is 5.24. The molecule has 0 aliphatic carbocycles. The van der Waals surface area contributed by atoms with E-state index in [0.29, 0.717) is 30.6 Å². The van der Waals surface area contributed by atoms with E-state index < -0.39 is 23.7 Å². The van der Waals surface area contributed by atoms with Crippen molar-refractivity contribution in [2.75, 3.05) is 6.54 Å². The summed E-state index contributed by atoms with van der Waals surface area (Å²) in [4.78, 5) is 31.4. The average molecular weight is 391 g/mol. The molecule has 2 aromatic carbocycles. The van der Waals surface area contributed by atoms with Crippen LogP contribution < -0.4 is 0 Å². The van der Waals surface area contributed by atoms with Gasteiger partial charge in [-0.2, -0.15) is 0 Å². The van der Waals surface area contributed by atoms with Crippen molar-refractivity contribution in [1.82, 2.24) is 14.5 Å². The average Bonchev–Trinajstić information content (AvgIpc) is 3.31. The Hall–Kier alpha value is -3.61. The molecule has 1 aliphatic rings. The Morgan fingerprint density at radius 1 is 0.931 bits per heavy atom. The summed E-state index contributed by atoms with van der Waals surface area (Å²) in [7, 11) is 0. The number of phenols is 2. The van der Waals surface area contributed by atoms with Gasteiger partial charge in [0.1, 0.15) is 11.5 Å². The van der Waals surface area contributed by atoms with Gasteiger partial charge in [-0.1, -0.05) is 24.3 Å². The standard InChI is InChI=1S/C22H21N3O4/c26-17-7-5-15(6-8-17)19-20(16-3-1-4-18(27)13-16)25(22(29)21(19)28)11-2-10-24-12-9-23-14-24/h1,3-9,12-14,19-20,26-27H,2,10-11H2. The number of hydrogen-bond acceptors (Lipinski definition) is 5. The van der Waals surface area contributed by atoms with Crippen molar-refractivity contribution < 1.29 is 19.8 Å². The molecule has 2 unspecified atom stereocenters. The van der Waals surface area contributed by atoms with Crippen LogP contribution in [0, 0.1) is 0 Å². The summed E-state index contributed by atoms with van der Waals surface area (Å²) in [6.07, 6.45) is 5.92. The highest BCUT2D eigenvalue weighted by Gasteiger charge is 2.48. The van der Waals surface area contributed by atoms with Crippen LogP contribution in [0.5, 0.6) is 11.5 Å². The second-order valence-electron chi connectivity index (χ2n) is 7.13. The zero-order valence-electron chi connectivity index (χ0n) is 15.7. The Morgan fingerprint density at radius 3 is 2.41 bits per heavy atom. The lowest BCUT2D eigenvalue weighted by Gasteiger charge is -2.28.